The van der Waals surface area contributed by atoms with Crippen molar-refractivity contribution in [3.05, 3.63) is 28.2 Å². The van der Waals surface area contributed by atoms with Crippen molar-refractivity contribution >= 4 is 21.6 Å². The first-order valence-electron chi connectivity index (χ1n) is 6.09. The van der Waals surface area contributed by atoms with Gasteiger partial charge in [0.25, 0.3) is 0 Å². The molecule has 0 saturated carbocycles. The maximum Gasteiger partial charge on any atom is 0.418 e. The molecule has 1 fully saturated rings. The first-order valence-corrected chi connectivity index (χ1v) is 6.88. The SMILES string of the molecule is CC1CCN(c2cc(Br)ccc2C(F)(F)F)C1CO. The van der Waals surface area contributed by atoms with Gasteiger partial charge in [-0.3, -0.25) is 0 Å². The molecule has 106 valence electrons. The lowest BCUT2D eigenvalue weighted by Gasteiger charge is -2.30. The zero-order valence-corrected chi connectivity index (χ0v) is 12.0. The minimum Gasteiger partial charge on any atom is -0.394 e. The van der Waals surface area contributed by atoms with Crippen LogP contribution in [0.4, 0.5) is 18.9 Å². The van der Waals surface area contributed by atoms with Crippen molar-refractivity contribution in [3.8, 4) is 0 Å². The number of nitrogens with zero attached hydrogens (tertiary/aromatic N) is 1. The quantitative estimate of drug-likeness (QED) is 0.889. The van der Waals surface area contributed by atoms with Crippen molar-refractivity contribution in [3.63, 3.8) is 0 Å². The zero-order valence-electron chi connectivity index (χ0n) is 10.4. The van der Waals surface area contributed by atoms with Crippen LogP contribution < -0.4 is 4.90 Å². The fourth-order valence-electron chi connectivity index (χ4n) is 2.57. The summed E-state index contributed by atoms with van der Waals surface area (Å²) in [5.41, 5.74) is -0.506. The molecule has 2 rings (SSSR count). The summed E-state index contributed by atoms with van der Waals surface area (Å²) in [6, 6.07) is 3.69. The Bertz CT molecular complexity index is 464. The summed E-state index contributed by atoms with van der Waals surface area (Å²) in [5.74, 6) is 0.185. The van der Waals surface area contributed by atoms with Gasteiger partial charge in [0.05, 0.1) is 23.9 Å². The van der Waals surface area contributed by atoms with Gasteiger partial charge in [0.15, 0.2) is 0 Å². The van der Waals surface area contributed by atoms with Gasteiger partial charge in [0.2, 0.25) is 0 Å². The minimum absolute atomic E-state index is 0.134. The van der Waals surface area contributed by atoms with Crippen LogP contribution in [-0.2, 0) is 6.18 Å². The van der Waals surface area contributed by atoms with Gasteiger partial charge in [0.1, 0.15) is 0 Å². The van der Waals surface area contributed by atoms with E-state index < -0.39 is 11.7 Å². The molecule has 1 aliphatic rings. The second-order valence-electron chi connectivity index (χ2n) is 4.87. The average Bonchev–Trinajstić information content (AvgIpc) is 2.68. The number of anilines is 1. The molecule has 0 amide bonds. The van der Waals surface area contributed by atoms with E-state index in [0.29, 0.717) is 11.0 Å². The number of aliphatic hydroxyl groups excluding tert-OH is 1. The van der Waals surface area contributed by atoms with Crippen LogP contribution in [0.2, 0.25) is 0 Å². The van der Waals surface area contributed by atoms with E-state index in [1.54, 1.807) is 4.90 Å². The van der Waals surface area contributed by atoms with Crippen LogP contribution in [0.5, 0.6) is 0 Å². The lowest BCUT2D eigenvalue weighted by Crippen LogP contribution is -2.36. The van der Waals surface area contributed by atoms with Crippen molar-refractivity contribution in [2.24, 2.45) is 5.92 Å². The Morgan fingerprint density at radius 1 is 1.42 bits per heavy atom. The van der Waals surface area contributed by atoms with E-state index in [4.69, 9.17) is 0 Å². The molecule has 1 heterocycles. The summed E-state index contributed by atoms with van der Waals surface area (Å²) in [5, 5.41) is 9.40. The van der Waals surface area contributed by atoms with E-state index in [1.807, 2.05) is 6.92 Å². The number of hydrogen-bond acceptors (Lipinski definition) is 2. The van der Waals surface area contributed by atoms with Crippen LogP contribution in [0.1, 0.15) is 18.9 Å². The lowest BCUT2D eigenvalue weighted by molar-refractivity contribution is -0.137. The molecule has 0 spiro atoms. The molecule has 1 saturated heterocycles. The Hall–Kier alpha value is -0.750. The smallest absolute Gasteiger partial charge is 0.394 e. The third kappa shape index (κ3) is 2.89. The third-order valence-corrected chi connectivity index (χ3v) is 4.14. The molecule has 1 N–H and O–H groups in total. The topological polar surface area (TPSA) is 23.5 Å². The Labute approximate surface area is 118 Å². The standard InChI is InChI=1S/C13H15BrF3NO/c1-8-4-5-18(12(8)7-19)11-6-9(14)2-3-10(11)13(15,16)17/h2-3,6,8,12,19H,4-5,7H2,1H3. The van der Waals surface area contributed by atoms with E-state index in [9.17, 15) is 18.3 Å². The van der Waals surface area contributed by atoms with Gasteiger partial charge < -0.3 is 10.0 Å². The van der Waals surface area contributed by atoms with Crippen molar-refractivity contribution in [2.75, 3.05) is 18.1 Å². The molecular formula is C13H15BrF3NO. The Kier molecular flexibility index (Phi) is 4.11. The number of alkyl halides is 3. The molecule has 2 nitrogen and oxygen atoms in total. The number of benzene rings is 1. The summed E-state index contributed by atoms with van der Waals surface area (Å²) >= 11 is 3.21. The van der Waals surface area contributed by atoms with Crippen LogP contribution in [0.3, 0.4) is 0 Å². The second-order valence-corrected chi connectivity index (χ2v) is 5.78. The largest absolute Gasteiger partial charge is 0.418 e. The highest BCUT2D eigenvalue weighted by atomic mass is 79.9. The van der Waals surface area contributed by atoms with Crippen LogP contribution in [0, 0.1) is 5.92 Å². The van der Waals surface area contributed by atoms with E-state index in [0.717, 1.165) is 12.5 Å². The maximum absolute atomic E-state index is 13.1. The highest BCUT2D eigenvalue weighted by Crippen LogP contribution is 2.41. The molecule has 1 aliphatic heterocycles. The summed E-state index contributed by atoms with van der Waals surface area (Å²) in [6.45, 7) is 2.35. The van der Waals surface area contributed by atoms with Gasteiger partial charge in [0, 0.05) is 11.0 Å². The van der Waals surface area contributed by atoms with Crippen LogP contribution >= 0.6 is 15.9 Å². The molecule has 2 atom stereocenters. The van der Waals surface area contributed by atoms with E-state index in [2.05, 4.69) is 15.9 Å². The number of rotatable bonds is 2. The molecule has 6 heteroatoms. The molecule has 0 aliphatic carbocycles. The highest BCUT2D eigenvalue weighted by molar-refractivity contribution is 9.10. The second kappa shape index (κ2) is 5.32. The fraction of sp³-hybridized carbons (Fsp3) is 0.538. The number of hydrogen-bond donors (Lipinski definition) is 1. The van der Waals surface area contributed by atoms with Crippen LogP contribution in [-0.4, -0.2) is 24.3 Å². The average molecular weight is 338 g/mol. The first-order chi connectivity index (χ1) is 8.84. The first kappa shape index (κ1) is 14.7. The Balaban J connectivity index is 2.46. The van der Waals surface area contributed by atoms with Crippen LogP contribution in [0.15, 0.2) is 22.7 Å². The zero-order chi connectivity index (χ0) is 14.2. The summed E-state index contributed by atoms with van der Waals surface area (Å²) in [4.78, 5) is 1.66. The van der Waals surface area contributed by atoms with E-state index >= 15 is 0 Å². The van der Waals surface area contributed by atoms with Crippen molar-refractivity contribution in [1.29, 1.82) is 0 Å². The summed E-state index contributed by atoms with van der Waals surface area (Å²) in [6.07, 6.45) is -3.60. The van der Waals surface area contributed by atoms with Crippen molar-refractivity contribution in [2.45, 2.75) is 25.6 Å². The molecule has 2 unspecified atom stereocenters. The summed E-state index contributed by atoms with van der Waals surface area (Å²) < 4.78 is 39.8. The normalized spacial score (nSPS) is 24.0. The highest BCUT2D eigenvalue weighted by Gasteiger charge is 2.39. The molecule has 0 aromatic heterocycles. The Morgan fingerprint density at radius 3 is 2.68 bits per heavy atom. The van der Waals surface area contributed by atoms with Gasteiger partial charge in [-0.25, -0.2) is 0 Å². The van der Waals surface area contributed by atoms with Crippen LogP contribution in [0.25, 0.3) is 0 Å². The summed E-state index contributed by atoms with van der Waals surface area (Å²) in [7, 11) is 0. The molecule has 0 radical (unpaired) electrons. The van der Waals surface area contributed by atoms with Crippen molar-refractivity contribution in [1.82, 2.24) is 0 Å². The van der Waals surface area contributed by atoms with E-state index in [-0.39, 0.29) is 24.3 Å². The van der Waals surface area contributed by atoms with Gasteiger partial charge in [-0.2, -0.15) is 13.2 Å². The predicted molar refractivity (Wildman–Crippen MR) is 71.1 cm³/mol. The fourth-order valence-corrected chi connectivity index (χ4v) is 2.92. The maximum atomic E-state index is 13.1. The molecular weight excluding hydrogens is 323 g/mol. The number of aliphatic hydroxyl groups is 1. The lowest BCUT2D eigenvalue weighted by atomic mass is 10.0. The van der Waals surface area contributed by atoms with Crippen molar-refractivity contribution < 1.29 is 18.3 Å². The van der Waals surface area contributed by atoms with Gasteiger partial charge in [-0.1, -0.05) is 22.9 Å². The predicted octanol–water partition coefficient (Wildman–Crippen LogP) is 3.68. The molecule has 19 heavy (non-hydrogen) atoms. The van der Waals surface area contributed by atoms with Gasteiger partial charge >= 0.3 is 6.18 Å². The van der Waals surface area contributed by atoms with E-state index in [1.165, 1.54) is 12.1 Å². The minimum atomic E-state index is -4.39. The molecule has 1 aromatic rings. The molecule has 1 aromatic carbocycles. The monoisotopic (exact) mass is 337 g/mol. The third-order valence-electron chi connectivity index (χ3n) is 3.64. The Morgan fingerprint density at radius 2 is 2.11 bits per heavy atom. The molecule has 0 bridgehead atoms. The van der Waals surface area contributed by atoms with Gasteiger partial charge in [-0.05, 0) is 30.5 Å². The number of halogens is 4. The van der Waals surface area contributed by atoms with Gasteiger partial charge in [-0.15, -0.1) is 0 Å².